The second kappa shape index (κ2) is 4.86. The van der Waals surface area contributed by atoms with Crippen LogP contribution in [0.1, 0.15) is 6.92 Å². The minimum absolute atomic E-state index is 0.113. The molecule has 0 spiro atoms. The van der Waals surface area contributed by atoms with Crippen molar-refractivity contribution in [2.45, 2.75) is 6.92 Å². The maximum absolute atomic E-state index is 11.0. The highest BCUT2D eigenvalue weighted by atomic mass is 16.4. The van der Waals surface area contributed by atoms with Gasteiger partial charge < -0.3 is 14.6 Å². The molecule has 0 radical (unpaired) electrons. The highest BCUT2D eigenvalue weighted by Gasteiger charge is 2.21. The first-order valence-electron chi connectivity index (χ1n) is 6.37. The molecule has 5 heteroatoms. The summed E-state index contributed by atoms with van der Waals surface area (Å²) in [5.41, 5.74) is 0.609. The maximum atomic E-state index is 11.0. The first-order chi connectivity index (χ1) is 10.1. The minimum Gasteiger partial charge on any atom is -0.502 e. The van der Waals surface area contributed by atoms with Crippen LogP contribution in [0.5, 0.6) is 11.5 Å². The predicted octanol–water partition coefficient (Wildman–Crippen LogP) is 3.47. The van der Waals surface area contributed by atoms with Crippen LogP contribution in [0.15, 0.2) is 46.9 Å². The number of hydrogen-bond acceptors (Lipinski definition) is 4. The zero-order valence-corrected chi connectivity index (χ0v) is 11.3. The molecular formula is C16H13NO4. The molecule has 0 saturated heterocycles. The van der Waals surface area contributed by atoms with Crippen LogP contribution in [-0.4, -0.2) is 16.1 Å². The van der Waals surface area contributed by atoms with Gasteiger partial charge in [-0.25, -0.2) is 0 Å². The van der Waals surface area contributed by atoms with E-state index in [2.05, 4.69) is 5.32 Å². The van der Waals surface area contributed by atoms with Crippen LogP contribution in [0.4, 0.5) is 5.88 Å². The average Bonchev–Trinajstić information content (AvgIpc) is 2.75. The summed E-state index contributed by atoms with van der Waals surface area (Å²) in [7, 11) is 0. The third-order valence-electron chi connectivity index (χ3n) is 3.16. The number of anilines is 1. The lowest BCUT2D eigenvalue weighted by molar-refractivity contribution is -0.114. The molecule has 2 aromatic carbocycles. The van der Waals surface area contributed by atoms with Gasteiger partial charge in [0.1, 0.15) is 0 Å². The summed E-state index contributed by atoms with van der Waals surface area (Å²) < 4.78 is 5.36. The fraction of sp³-hybridized carbons (Fsp3) is 0.0625. The molecule has 5 nitrogen and oxygen atoms in total. The zero-order chi connectivity index (χ0) is 15.0. The van der Waals surface area contributed by atoms with E-state index < -0.39 is 17.4 Å². The zero-order valence-electron chi connectivity index (χ0n) is 11.3. The van der Waals surface area contributed by atoms with E-state index in [9.17, 15) is 15.0 Å². The second-order valence-corrected chi connectivity index (χ2v) is 4.70. The second-order valence-electron chi connectivity index (χ2n) is 4.70. The number of benzene rings is 2. The van der Waals surface area contributed by atoms with Crippen molar-refractivity contribution in [1.29, 1.82) is 0 Å². The normalized spacial score (nSPS) is 10.7. The number of carbonyl (C=O) groups excluding carboxylic acids is 1. The predicted molar refractivity (Wildman–Crippen MR) is 79.3 cm³/mol. The van der Waals surface area contributed by atoms with Crippen LogP contribution >= 0.6 is 0 Å². The van der Waals surface area contributed by atoms with Crippen LogP contribution in [-0.2, 0) is 4.79 Å². The van der Waals surface area contributed by atoms with Crippen molar-refractivity contribution < 1.29 is 19.4 Å². The number of rotatable bonds is 2. The minimum atomic E-state index is -0.478. The molecule has 3 aromatic rings. The topological polar surface area (TPSA) is 82.7 Å². The van der Waals surface area contributed by atoms with Gasteiger partial charge in [0.05, 0.1) is 0 Å². The van der Waals surface area contributed by atoms with Crippen LogP contribution in [0.3, 0.4) is 0 Å². The molecule has 0 fully saturated rings. The third-order valence-corrected chi connectivity index (χ3v) is 3.16. The average molecular weight is 283 g/mol. The Labute approximate surface area is 120 Å². The number of hydrogen-bond donors (Lipinski definition) is 3. The fourth-order valence-corrected chi connectivity index (χ4v) is 2.18. The Kier molecular flexibility index (Phi) is 3.02. The summed E-state index contributed by atoms with van der Waals surface area (Å²) >= 11 is 0. The van der Waals surface area contributed by atoms with Gasteiger partial charge in [-0.15, -0.1) is 0 Å². The van der Waals surface area contributed by atoms with E-state index in [1.807, 2.05) is 36.4 Å². The van der Waals surface area contributed by atoms with Crippen molar-refractivity contribution in [3.8, 4) is 22.8 Å². The van der Waals surface area contributed by atoms with E-state index in [1.54, 1.807) is 6.07 Å². The Balaban J connectivity index is 2.11. The van der Waals surface area contributed by atoms with E-state index in [0.717, 1.165) is 10.8 Å². The van der Waals surface area contributed by atoms with Crippen LogP contribution in [0, 0.1) is 0 Å². The molecule has 1 amide bonds. The van der Waals surface area contributed by atoms with E-state index in [0.29, 0.717) is 5.56 Å². The van der Waals surface area contributed by atoms with Crippen LogP contribution in [0.25, 0.3) is 22.1 Å². The number of aromatic hydroxyl groups is 2. The smallest absolute Gasteiger partial charge is 0.246 e. The van der Waals surface area contributed by atoms with Gasteiger partial charge in [0.15, 0.2) is 5.76 Å². The summed E-state index contributed by atoms with van der Waals surface area (Å²) in [4.78, 5) is 11.0. The Morgan fingerprint density at radius 1 is 1.05 bits per heavy atom. The van der Waals surface area contributed by atoms with E-state index >= 15 is 0 Å². The van der Waals surface area contributed by atoms with Gasteiger partial charge in [-0.05, 0) is 16.8 Å². The molecule has 0 atom stereocenters. The molecule has 1 heterocycles. The number of amides is 1. The van der Waals surface area contributed by atoms with Gasteiger partial charge in [-0.1, -0.05) is 36.4 Å². The quantitative estimate of drug-likeness (QED) is 0.672. The summed E-state index contributed by atoms with van der Waals surface area (Å²) in [5.74, 6) is -1.32. The van der Waals surface area contributed by atoms with Gasteiger partial charge in [0, 0.05) is 12.5 Å². The highest BCUT2D eigenvalue weighted by Crippen LogP contribution is 2.45. The molecule has 1 aromatic heterocycles. The molecule has 3 N–H and O–H groups in total. The lowest BCUT2D eigenvalue weighted by Gasteiger charge is -2.01. The van der Waals surface area contributed by atoms with Crippen LogP contribution in [0.2, 0.25) is 0 Å². The van der Waals surface area contributed by atoms with Crippen molar-refractivity contribution in [2.24, 2.45) is 0 Å². The maximum Gasteiger partial charge on any atom is 0.246 e. The summed E-state index contributed by atoms with van der Waals surface area (Å²) in [6.07, 6.45) is 0. The van der Waals surface area contributed by atoms with Crippen molar-refractivity contribution in [2.75, 3.05) is 5.32 Å². The molecule has 0 aliphatic rings. The summed E-state index contributed by atoms with van der Waals surface area (Å²) in [6, 6.07) is 13.3. The highest BCUT2D eigenvalue weighted by molar-refractivity contribution is 5.92. The molecule has 106 valence electrons. The Hall–Kier alpha value is -2.95. The van der Waals surface area contributed by atoms with Crippen LogP contribution < -0.4 is 5.32 Å². The first kappa shape index (κ1) is 13.1. The van der Waals surface area contributed by atoms with E-state index in [4.69, 9.17) is 4.42 Å². The lowest BCUT2D eigenvalue weighted by Crippen LogP contribution is -2.04. The Morgan fingerprint density at radius 3 is 2.48 bits per heavy atom. The van der Waals surface area contributed by atoms with E-state index in [-0.39, 0.29) is 11.6 Å². The summed E-state index contributed by atoms with van der Waals surface area (Å²) in [6.45, 7) is 1.29. The molecule has 0 saturated carbocycles. The largest absolute Gasteiger partial charge is 0.502 e. The number of carbonyl (C=O) groups is 1. The van der Waals surface area contributed by atoms with Gasteiger partial charge >= 0.3 is 0 Å². The molecule has 0 bridgehead atoms. The fourth-order valence-electron chi connectivity index (χ4n) is 2.18. The summed E-state index contributed by atoms with van der Waals surface area (Å²) in [5, 5.41) is 24.1. The molecule has 21 heavy (non-hydrogen) atoms. The van der Waals surface area contributed by atoms with Gasteiger partial charge in [0.2, 0.25) is 23.3 Å². The number of furan rings is 1. The van der Waals surface area contributed by atoms with Crippen molar-refractivity contribution in [3.63, 3.8) is 0 Å². The molecule has 0 aliphatic carbocycles. The molecular weight excluding hydrogens is 270 g/mol. The van der Waals surface area contributed by atoms with Crippen molar-refractivity contribution in [1.82, 2.24) is 0 Å². The molecule has 0 aliphatic heterocycles. The Morgan fingerprint density at radius 2 is 1.76 bits per heavy atom. The first-order valence-corrected chi connectivity index (χ1v) is 6.37. The monoisotopic (exact) mass is 283 g/mol. The van der Waals surface area contributed by atoms with Crippen molar-refractivity contribution in [3.05, 3.63) is 42.5 Å². The van der Waals surface area contributed by atoms with Gasteiger partial charge in [0.25, 0.3) is 0 Å². The molecule has 3 rings (SSSR count). The van der Waals surface area contributed by atoms with Gasteiger partial charge in [-0.3, -0.25) is 10.1 Å². The van der Waals surface area contributed by atoms with E-state index in [1.165, 1.54) is 6.92 Å². The molecule has 0 unspecified atom stereocenters. The van der Waals surface area contributed by atoms with Gasteiger partial charge in [-0.2, -0.15) is 0 Å². The number of nitrogens with one attached hydrogen (secondary N) is 1. The lowest BCUT2D eigenvalue weighted by atomic mass is 10.1. The third kappa shape index (κ3) is 2.29. The Bertz CT molecular complexity index is 835. The number of fused-ring (bicyclic) bond motifs is 1. The SMILES string of the molecule is CC(=O)Nc1oc(-c2ccc3ccccc3c2)c(O)c1O. The standard InChI is InChI=1S/C16H13NO4/c1-9(18)17-16-14(20)13(19)15(21-16)12-7-6-10-4-2-3-5-11(10)8-12/h2-8,19-20H,1H3,(H,17,18). The van der Waals surface area contributed by atoms with Crippen molar-refractivity contribution >= 4 is 22.6 Å².